The summed E-state index contributed by atoms with van der Waals surface area (Å²) in [6.07, 6.45) is 16.5. The van der Waals surface area contributed by atoms with Gasteiger partial charge in [0.05, 0.1) is 0 Å². The second-order valence-electron chi connectivity index (χ2n) is 9.31. The molecular formula is C28H35F. The second kappa shape index (κ2) is 9.74. The van der Waals surface area contributed by atoms with Gasteiger partial charge in [0.1, 0.15) is 5.82 Å². The van der Waals surface area contributed by atoms with Gasteiger partial charge in [-0.2, -0.15) is 0 Å². The van der Waals surface area contributed by atoms with E-state index in [9.17, 15) is 4.39 Å². The molecule has 2 saturated carbocycles. The average molecular weight is 391 g/mol. The van der Waals surface area contributed by atoms with Gasteiger partial charge in [0.25, 0.3) is 0 Å². The van der Waals surface area contributed by atoms with Crippen molar-refractivity contribution in [3.05, 3.63) is 77.1 Å². The van der Waals surface area contributed by atoms with E-state index in [4.69, 9.17) is 0 Å². The molecule has 0 saturated heterocycles. The molecular weight excluding hydrogens is 355 g/mol. The quantitative estimate of drug-likeness (QED) is 0.480. The Morgan fingerprint density at radius 2 is 1.24 bits per heavy atom. The highest BCUT2D eigenvalue weighted by Gasteiger charge is 2.22. The van der Waals surface area contributed by atoms with Crippen LogP contribution in [0.5, 0.6) is 0 Å². The van der Waals surface area contributed by atoms with Gasteiger partial charge < -0.3 is 0 Å². The van der Waals surface area contributed by atoms with Crippen molar-refractivity contribution in [1.29, 1.82) is 0 Å². The van der Waals surface area contributed by atoms with Crippen LogP contribution in [0.4, 0.5) is 4.39 Å². The molecule has 0 N–H and O–H groups in total. The molecule has 2 fully saturated rings. The number of allylic oxidation sites excluding steroid dienone is 1. The number of hydrogen-bond donors (Lipinski definition) is 0. The zero-order chi connectivity index (χ0) is 20.1. The number of halogens is 1. The molecule has 0 amide bonds. The van der Waals surface area contributed by atoms with E-state index in [1.165, 1.54) is 74.5 Å². The Labute approximate surface area is 176 Å². The summed E-state index contributed by atoms with van der Waals surface area (Å²) in [5, 5.41) is 0. The molecule has 2 aromatic rings. The first-order valence-corrected chi connectivity index (χ1v) is 11.7. The first kappa shape index (κ1) is 20.4. The third-order valence-corrected chi connectivity index (χ3v) is 7.51. The van der Waals surface area contributed by atoms with E-state index in [2.05, 4.69) is 43.3 Å². The zero-order valence-electron chi connectivity index (χ0n) is 17.8. The minimum atomic E-state index is -0.134. The molecule has 0 atom stereocenters. The maximum absolute atomic E-state index is 13.1. The summed E-state index contributed by atoms with van der Waals surface area (Å²) < 4.78 is 13.1. The Morgan fingerprint density at radius 3 is 1.79 bits per heavy atom. The van der Waals surface area contributed by atoms with Crippen LogP contribution < -0.4 is 0 Å². The normalized spacial score (nSPS) is 27.9. The van der Waals surface area contributed by atoms with Crippen molar-refractivity contribution in [1.82, 2.24) is 0 Å². The molecule has 0 heterocycles. The molecule has 0 aromatic heterocycles. The molecule has 0 aliphatic heterocycles. The summed E-state index contributed by atoms with van der Waals surface area (Å²) in [4.78, 5) is 0. The van der Waals surface area contributed by atoms with Gasteiger partial charge in [0.15, 0.2) is 0 Å². The summed E-state index contributed by atoms with van der Waals surface area (Å²) in [5.41, 5.74) is 4.17. The SMILES string of the molecule is CCC1CCC(c2ccc(C=CC3CCC(c4ccc(F)cc4)CC3)cc2)CC1. The molecule has 2 aliphatic carbocycles. The molecule has 4 rings (SSSR count). The van der Waals surface area contributed by atoms with Crippen molar-refractivity contribution in [2.24, 2.45) is 11.8 Å². The molecule has 2 aromatic carbocycles. The highest BCUT2D eigenvalue weighted by molar-refractivity contribution is 5.50. The Hall–Kier alpha value is -1.89. The third kappa shape index (κ3) is 5.38. The van der Waals surface area contributed by atoms with E-state index in [1.54, 1.807) is 12.1 Å². The van der Waals surface area contributed by atoms with Crippen LogP contribution >= 0.6 is 0 Å². The highest BCUT2D eigenvalue weighted by Crippen LogP contribution is 2.38. The lowest BCUT2D eigenvalue weighted by atomic mass is 9.77. The van der Waals surface area contributed by atoms with Gasteiger partial charge in [-0.05, 0) is 104 Å². The van der Waals surface area contributed by atoms with Crippen LogP contribution in [0.2, 0.25) is 0 Å². The van der Waals surface area contributed by atoms with Crippen LogP contribution in [0.3, 0.4) is 0 Å². The van der Waals surface area contributed by atoms with Crippen molar-refractivity contribution in [2.45, 2.75) is 76.5 Å². The first-order valence-electron chi connectivity index (χ1n) is 11.7. The molecule has 0 unspecified atom stereocenters. The number of benzene rings is 2. The summed E-state index contributed by atoms with van der Waals surface area (Å²) in [5.74, 6) is 2.88. The van der Waals surface area contributed by atoms with Crippen molar-refractivity contribution in [3.63, 3.8) is 0 Å². The lowest BCUT2D eigenvalue weighted by Crippen LogP contribution is -2.12. The average Bonchev–Trinajstić information content (AvgIpc) is 2.79. The standard InChI is InChI=1S/C28H35F/c1-2-21-5-11-24(12-6-21)25-13-7-22(8-14-25)3-4-23-9-15-26(16-10-23)27-17-19-28(29)20-18-27/h3-4,7-8,13-14,17-21,23-24,26H,2,5-6,9-12,15-16H2,1H3. The van der Waals surface area contributed by atoms with Gasteiger partial charge in [0.2, 0.25) is 0 Å². The van der Waals surface area contributed by atoms with Crippen LogP contribution in [0, 0.1) is 17.7 Å². The Kier molecular flexibility index (Phi) is 6.85. The monoisotopic (exact) mass is 390 g/mol. The molecule has 0 spiro atoms. The van der Waals surface area contributed by atoms with Gasteiger partial charge in [-0.25, -0.2) is 4.39 Å². The van der Waals surface area contributed by atoms with Gasteiger partial charge in [-0.15, -0.1) is 0 Å². The Morgan fingerprint density at radius 1 is 0.724 bits per heavy atom. The van der Waals surface area contributed by atoms with E-state index in [1.807, 2.05) is 12.1 Å². The molecule has 154 valence electrons. The minimum Gasteiger partial charge on any atom is -0.207 e. The van der Waals surface area contributed by atoms with Gasteiger partial charge in [-0.3, -0.25) is 0 Å². The predicted molar refractivity (Wildman–Crippen MR) is 122 cm³/mol. The molecule has 2 aliphatic rings. The predicted octanol–water partition coefficient (Wildman–Crippen LogP) is 8.50. The van der Waals surface area contributed by atoms with Gasteiger partial charge in [-0.1, -0.05) is 61.9 Å². The van der Waals surface area contributed by atoms with Crippen LogP contribution in [0.15, 0.2) is 54.6 Å². The largest absolute Gasteiger partial charge is 0.207 e. The van der Waals surface area contributed by atoms with Gasteiger partial charge in [0, 0.05) is 0 Å². The van der Waals surface area contributed by atoms with E-state index in [-0.39, 0.29) is 5.82 Å². The van der Waals surface area contributed by atoms with Crippen LogP contribution in [-0.2, 0) is 0 Å². The number of hydrogen-bond acceptors (Lipinski definition) is 0. The van der Waals surface area contributed by atoms with Gasteiger partial charge >= 0.3 is 0 Å². The fourth-order valence-electron chi connectivity index (χ4n) is 5.41. The summed E-state index contributed by atoms with van der Waals surface area (Å²) >= 11 is 0. The Balaban J connectivity index is 1.27. The van der Waals surface area contributed by atoms with Crippen LogP contribution in [-0.4, -0.2) is 0 Å². The second-order valence-corrected chi connectivity index (χ2v) is 9.31. The van der Waals surface area contributed by atoms with Crippen molar-refractivity contribution in [3.8, 4) is 0 Å². The van der Waals surface area contributed by atoms with Crippen LogP contribution in [0.1, 0.15) is 93.2 Å². The number of rotatable bonds is 5. The summed E-state index contributed by atoms with van der Waals surface area (Å²) in [6.45, 7) is 2.33. The molecule has 29 heavy (non-hydrogen) atoms. The fraction of sp³-hybridized carbons (Fsp3) is 0.500. The van der Waals surface area contributed by atoms with Crippen molar-refractivity contribution < 1.29 is 4.39 Å². The first-order chi connectivity index (χ1) is 14.2. The van der Waals surface area contributed by atoms with Crippen LogP contribution in [0.25, 0.3) is 6.08 Å². The fourth-order valence-corrected chi connectivity index (χ4v) is 5.41. The summed E-state index contributed by atoms with van der Waals surface area (Å²) in [7, 11) is 0. The summed E-state index contributed by atoms with van der Waals surface area (Å²) in [6, 6.07) is 16.5. The molecule has 0 nitrogen and oxygen atoms in total. The van der Waals surface area contributed by atoms with E-state index in [0.29, 0.717) is 11.8 Å². The lowest BCUT2D eigenvalue weighted by Gasteiger charge is -2.28. The smallest absolute Gasteiger partial charge is 0.123 e. The van der Waals surface area contributed by atoms with E-state index < -0.39 is 0 Å². The maximum Gasteiger partial charge on any atom is 0.123 e. The van der Waals surface area contributed by atoms with Crippen molar-refractivity contribution in [2.75, 3.05) is 0 Å². The highest BCUT2D eigenvalue weighted by atomic mass is 19.1. The molecule has 1 heteroatoms. The Bertz CT molecular complexity index is 770. The lowest BCUT2D eigenvalue weighted by molar-refractivity contribution is 0.319. The van der Waals surface area contributed by atoms with E-state index >= 15 is 0 Å². The van der Waals surface area contributed by atoms with E-state index in [0.717, 1.165) is 11.8 Å². The molecule has 0 bridgehead atoms. The third-order valence-electron chi connectivity index (χ3n) is 7.51. The maximum atomic E-state index is 13.1. The molecule has 0 radical (unpaired) electrons. The minimum absolute atomic E-state index is 0.134. The van der Waals surface area contributed by atoms with Crippen molar-refractivity contribution >= 4 is 6.08 Å². The zero-order valence-corrected chi connectivity index (χ0v) is 17.8. The topological polar surface area (TPSA) is 0 Å².